The van der Waals surface area contributed by atoms with E-state index in [1.165, 1.54) is 32.1 Å². The molecule has 0 radical (unpaired) electrons. The van der Waals surface area contributed by atoms with Crippen molar-refractivity contribution in [1.82, 2.24) is 5.32 Å². The van der Waals surface area contributed by atoms with E-state index < -0.39 is 0 Å². The second-order valence-electron chi connectivity index (χ2n) is 6.61. The van der Waals surface area contributed by atoms with Crippen molar-refractivity contribution in [1.29, 1.82) is 0 Å². The molecule has 20 heavy (non-hydrogen) atoms. The number of rotatable bonds is 6. The van der Waals surface area contributed by atoms with Gasteiger partial charge in [-0.05, 0) is 42.7 Å². The molecule has 0 aromatic heterocycles. The van der Waals surface area contributed by atoms with Gasteiger partial charge in [-0.2, -0.15) is 0 Å². The van der Waals surface area contributed by atoms with Crippen LogP contribution >= 0.6 is 23.2 Å². The van der Waals surface area contributed by atoms with E-state index in [9.17, 15) is 0 Å². The molecule has 0 unspecified atom stereocenters. The van der Waals surface area contributed by atoms with Crippen molar-refractivity contribution in [2.24, 2.45) is 11.3 Å². The largest absolute Gasteiger partial charge is 0.312 e. The average Bonchev–Trinajstić information content (AvgIpc) is 2.81. The Bertz CT molecular complexity index is 416. The van der Waals surface area contributed by atoms with Gasteiger partial charge in [-0.25, -0.2) is 0 Å². The summed E-state index contributed by atoms with van der Waals surface area (Å²) in [7, 11) is 0. The first kappa shape index (κ1) is 16.1. The van der Waals surface area contributed by atoms with Crippen molar-refractivity contribution in [3.05, 3.63) is 33.8 Å². The predicted octanol–water partition coefficient (Wildman–Crippen LogP) is 5.69. The highest BCUT2D eigenvalue weighted by Gasteiger charge is 2.33. The zero-order chi connectivity index (χ0) is 14.6. The van der Waals surface area contributed by atoms with E-state index in [4.69, 9.17) is 23.2 Å². The normalized spacial score (nSPS) is 17.9. The molecule has 0 atom stereocenters. The van der Waals surface area contributed by atoms with E-state index in [0.29, 0.717) is 5.41 Å². The Morgan fingerprint density at radius 1 is 1.15 bits per heavy atom. The number of halogens is 2. The lowest BCUT2D eigenvalue weighted by atomic mass is 9.78. The molecule has 112 valence electrons. The molecule has 1 aromatic carbocycles. The molecule has 0 bridgehead atoms. The molecule has 0 spiro atoms. The molecule has 1 N–H and O–H groups in total. The van der Waals surface area contributed by atoms with Gasteiger partial charge in [-0.3, -0.25) is 0 Å². The standard InChI is InChI=1S/C17H25Cl2N/c1-13(2)10-17(8-3-4-9-17)12-20-11-14-15(18)6-5-7-16(14)19/h5-7,13,20H,3-4,8-12H2,1-2H3. The molecular weight excluding hydrogens is 289 g/mol. The molecule has 0 heterocycles. The summed E-state index contributed by atoms with van der Waals surface area (Å²) in [6.07, 6.45) is 6.78. The van der Waals surface area contributed by atoms with Crippen LogP contribution in [0.3, 0.4) is 0 Å². The third kappa shape index (κ3) is 4.13. The zero-order valence-corrected chi connectivity index (χ0v) is 14.0. The Kier molecular flexibility index (Phi) is 5.77. The first-order valence-electron chi connectivity index (χ1n) is 7.66. The quantitative estimate of drug-likeness (QED) is 0.711. The number of hydrogen-bond donors (Lipinski definition) is 1. The van der Waals surface area contributed by atoms with Gasteiger partial charge in [0.25, 0.3) is 0 Å². The second-order valence-corrected chi connectivity index (χ2v) is 7.42. The van der Waals surface area contributed by atoms with Gasteiger partial charge < -0.3 is 5.32 Å². The van der Waals surface area contributed by atoms with Crippen LogP contribution in [-0.2, 0) is 6.54 Å². The Labute approximate surface area is 133 Å². The maximum atomic E-state index is 6.22. The van der Waals surface area contributed by atoms with Crippen LogP contribution in [0.1, 0.15) is 51.5 Å². The molecule has 0 amide bonds. The van der Waals surface area contributed by atoms with Crippen LogP contribution in [0.4, 0.5) is 0 Å². The van der Waals surface area contributed by atoms with Crippen LogP contribution in [0.25, 0.3) is 0 Å². The highest BCUT2D eigenvalue weighted by Crippen LogP contribution is 2.42. The van der Waals surface area contributed by atoms with Crippen molar-refractivity contribution >= 4 is 23.2 Å². The smallest absolute Gasteiger partial charge is 0.0465 e. The van der Waals surface area contributed by atoms with Gasteiger partial charge in [0.2, 0.25) is 0 Å². The molecule has 1 aliphatic carbocycles. The fraction of sp³-hybridized carbons (Fsp3) is 0.647. The maximum Gasteiger partial charge on any atom is 0.0465 e. The van der Waals surface area contributed by atoms with Crippen LogP contribution in [0.5, 0.6) is 0 Å². The molecule has 1 aromatic rings. The minimum Gasteiger partial charge on any atom is -0.312 e. The maximum absolute atomic E-state index is 6.22. The highest BCUT2D eigenvalue weighted by atomic mass is 35.5. The Balaban J connectivity index is 1.94. The van der Waals surface area contributed by atoms with E-state index in [2.05, 4.69) is 19.2 Å². The molecule has 0 saturated heterocycles. The molecule has 1 nitrogen and oxygen atoms in total. The van der Waals surface area contributed by atoms with Crippen LogP contribution in [0, 0.1) is 11.3 Å². The molecular formula is C17H25Cl2N. The van der Waals surface area contributed by atoms with Gasteiger partial charge in [-0.1, -0.05) is 56.0 Å². The van der Waals surface area contributed by atoms with E-state index >= 15 is 0 Å². The van der Waals surface area contributed by atoms with Crippen molar-refractivity contribution in [3.63, 3.8) is 0 Å². The highest BCUT2D eigenvalue weighted by molar-refractivity contribution is 6.35. The van der Waals surface area contributed by atoms with Gasteiger partial charge in [0.15, 0.2) is 0 Å². The van der Waals surface area contributed by atoms with E-state index in [1.54, 1.807) is 0 Å². The van der Waals surface area contributed by atoms with Gasteiger partial charge in [0.05, 0.1) is 0 Å². The fourth-order valence-corrected chi connectivity index (χ4v) is 4.13. The first-order chi connectivity index (χ1) is 9.52. The number of benzene rings is 1. The molecule has 1 saturated carbocycles. The number of nitrogens with one attached hydrogen (secondary N) is 1. The minimum absolute atomic E-state index is 0.488. The molecule has 2 rings (SSSR count). The number of hydrogen-bond acceptors (Lipinski definition) is 1. The lowest BCUT2D eigenvalue weighted by molar-refractivity contribution is 0.223. The summed E-state index contributed by atoms with van der Waals surface area (Å²) in [6.45, 7) is 6.49. The van der Waals surface area contributed by atoms with Gasteiger partial charge in [0.1, 0.15) is 0 Å². The van der Waals surface area contributed by atoms with Crippen LogP contribution < -0.4 is 5.32 Å². The molecule has 3 heteroatoms. The SMILES string of the molecule is CC(C)CC1(CNCc2c(Cl)cccc2Cl)CCCC1. The van der Waals surface area contributed by atoms with E-state index in [0.717, 1.165) is 34.6 Å². The monoisotopic (exact) mass is 313 g/mol. The minimum atomic E-state index is 0.488. The summed E-state index contributed by atoms with van der Waals surface area (Å²) in [5.74, 6) is 0.763. The van der Waals surface area contributed by atoms with Crippen molar-refractivity contribution < 1.29 is 0 Å². The van der Waals surface area contributed by atoms with Crippen LogP contribution in [-0.4, -0.2) is 6.54 Å². The Morgan fingerprint density at radius 3 is 2.30 bits per heavy atom. The van der Waals surface area contributed by atoms with Gasteiger partial charge >= 0.3 is 0 Å². The lowest BCUT2D eigenvalue weighted by Crippen LogP contribution is -2.33. The predicted molar refractivity (Wildman–Crippen MR) is 88.5 cm³/mol. The molecule has 1 aliphatic rings. The summed E-state index contributed by atoms with van der Waals surface area (Å²) in [4.78, 5) is 0. The van der Waals surface area contributed by atoms with Crippen molar-refractivity contribution in [3.8, 4) is 0 Å². The third-order valence-corrected chi connectivity index (χ3v) is 5.08. The first-order valence-corrected chi connectivity index (χ1v) is 8.42. The van der Waals surface area contributed by atoms with Crippen molar-refractivity contribution in [2.45, 2.75) is 52.5 Å². The summed E-state index contributed by atoms with van der Waals surface area (Å²) >= 11 is 12.4. The second kappa shape index (κ2) is 7.15. The average molecular weight is 314 g/mol. The molecule has 1 fully saturated rings. The lowest BCUT2D eigenvalue weighted by Gasteiger charge is -2.31. The summed E-state index contributed by atoms with van der Waals surface area (Å²) in [5, 5.41) is 5.12. The topological polar surface area (TPSA) is 12.0 Å². The summed E-state index contributed by atoms with van der Waals surface area (Å²) in [6, 6.07) is 5.71. The third-order valence-electron chi connectivity index (χ3n) is 4.37. The Hall–Kier alpha value is -0.240. The Morgan fingerprint density at radius 2 is 1.75 bits per heavy atom. The summed E-state index contributed by atoms with van der Waals surface area (Å²) in [5.41, 5.74) is 1.51. The van der Waals surface area contributed by atoms with Crippen molar-refractivity contribution in [2.75, 3.05) is 6.54 Å². The summed E-state index contributed by atoms with van der Waals surface area (Å²) < 4.78 is 0. The fourth-order valence-electron chi connectivity index (χ4n) is 3.60. The van der Waals surface area contributed by atoms with E-state index in [1.807, 2.05) is 18.2 Å². The van der Waals surface area contributed by atoms with Gasteiger partial charge in [0, 0.05) is 28.7 Å². The zero-order valence-electron chi connectivity index (χ0n) is 12.5. The van der Waals surface area contributed by atoms with Gasteiger partial charge in [-0.15, -0.1) is 0 Å². The molecule has 0 aliphatic heterocycles. The van der Waals surface area contributed by atoms with E-state index in [-0.39, 0.29) is 0 Å². The van der Waals surface area contributed by atoms with Crippen LogP contribution in [0.2, 0.25) is 10.0 Å². The van der Waals surface area contributed by atoms with Crippen LogP contribution in [0.15, 0.2) is 18.2 Å².